The topological polar surface area (TPSA) is 58.2 Å². The number of amides is 2. The fourth-order valence-corrected chi connectivity index (χ4v) is 9.50. The van der Waals surface area contributed by atoms with Gasteiger partial charge in [-0.2, -0.15) is 0 Å². The van der Waals surface area contributed by atoms with Gasteiger partial charge in [-0.1, -0.05) is 0 Å². The summed E-state index contributed by atoms with van der Waals surface area (Å²) in [7, 11) is 0. The largest absolute Gasteiger partial charge is 0.354 e. The van der Waals surface area contributed by atoms with Gasteiger partial charge < -0.3 is 10.6 Å². The fraction of sp³-hybridized carbons (Fsp3) is 0.917. The molecule has 8 rings (SSSR count). The Labute approximate surface area is 169 Å². The summed E-state index contributed by atoms with van der Waals surface area (Å²) in [6.45, 7) is 1.19. The quantitative estimate of drug-likeness (QED) is 0.711. The molecule has 0 atom stereocenters. The molecule has 4 nitrogen and oxygen atoms in total. The first-order chi connectivity index (χ1) is 13.5. The Bertz CT molecular complexity index is 556. The first kappa shape index (κ1) is 17.8. The van der Waals surface area contributed by atoms with E-state index in [1.807, 2.05) is 0 Å². The van der Waals surface area contributed by atoms with Gasteiger partial charge in [-0.05, 0) is 113 Å². The van der Waals surface area contributed by atoms with Crippen LogP contribution in [0.4, 0.5) is 0 Å². The van der Waals surface area contributed by atoms with Crippen molar-refractivity contribution in [2.24, 2.45) is 46.3 Å². The van der Waals surface area contributed by atoms with Crippen LogP contribution in [0.3, 0.4) is 0 Å². The Kier molecular flexibility index (Phi) is 3.95. The maximum absolute atomic E-state index is 13.0. The van der Waals surface area contributed by atoms with Crippen molar-refractivity contribution in [3.63, 3.8) is 0 Å². The SMILES string of the molecule is O=C(NCCNC(=O)C12CC3CC(CC(C3)C1)C2)C12CC3CC(CC(C3)C1)C2. The van der Waals surface area contributed by atoms with Crippen molar-refractivity contribution >= 4 is 11.8 Å². The zero-order valence-electron chi connectivity index (χ0n) is 17.2. The van der Waals surface area contributed by atoms with Gasteiger partial charge in [-0.3, -0.25) is 9.59 Å². The minimum Gasteiger partial charge on any atom is -0.354 e. The second-order valence-corrected chi connectivity index (χ2v) is 11.9. The molecule has 4 heteroatoms. The van der Waals surface area contributed by atoms with Crippen molar-refractivity contribution in [3.05, 3.63) is 0 Å². The Hall–Kier alpha value is -1.06. The molecule has 8 fully saturated rings. The highest BCUT2D eigenvalue weighted by Crippen LogP contribution is 2.61. The average Bonchev–Trinajstić information content (AvgIpc) is 2.62. The van der Waals surface area contributed by atoms with Gasteiger partial charge in [0.05, 0.1) is 0 Å². The lowest BCUT2D eigenvalue weighted by molar-refractivity contribution is -0.147. The van der Waals surface area contributed by atoms with Gasteiger partial charge >= 0.3 is 0 Å². The molecule has 0 unspecified atom stereocenters. The summed E-state index contributed by atoms with van der Waals surface area (Å²) in [6, 6.07) is 0. The van der Waals surface area contributed by atoms with E-state index in [1.54, 1.807) is 0 Å². The van der Waals surface area contributed by atoms with Crippen molar-refractivity contribution in [2.45, 2.75) is 77.0 Å². The molecular formula is C24H36N2O2. The average molecular weight is 385 g/mol. The van der Waals surface area contributed by atoms with Crippen LogP contribution in [0, 0.1) is 46.3 Å². The normalized spacial score (nSPS) is 50.0. The summed E-state index contributed by atoms with van der Waals surface area (Å²) in [5.74, 6) is 5.37. The first-order valence-electron chi connectivity index (χ1n) is 12.1. The van der Waals surface area contributed by atoms with Crippen molar-refractivity contribution in [1.29, 1.82) is 0 Å². The highest BCUT2D eigenvalue weighted by atomic mass is 16.2. The van der Waals surface area contributed by atoms with Crippen LogP contribution in [0.2, 0.25) is 0 Å². The van der Waals surface area contributed by atoms with E-state index in [2.05, 4.69) is 10.6 Å². The van der Waals surface area contributed by atoms with Crippen LogP contribution in [-0.2, 0) is 9.59 Å². The van der Waals surface area contributed by atoms with Gasteiger partial charge in [0.15, 0.2) is 0 Å². The van der Waals surface area contributed by atoms with Crippen LogP contribution in [0.15, 0.2) is 0 Å². The summed E-state index contributed by atoms with van der Waals surface area (Å²) >= 11 is 0. The smallest absolute Gasteiger partial charge is 0.226 e. The van der Waals surface area contributed by atoms with Crippen LogP contribution in [-0.4, -0.2) is 24.9 Å². The van der Waals surface area contributed by atoms with Crippen molar-refractivity contribution in [1.82, 2.24) is 10.6 Å². The van der Waals surface area contributed by atoms with E-state index in [0.29, 0.717) is 13.1 Å². The molecule has 0 spiro atoms. The molecule has 28 heavy (non-hydrogen) atoms. The second kappa shape index (κ2) is 6.22. The van der Waals surface area contributed by atoms with Crippen molar-refractivity contribution in [3.8, 4) is 0 Å². The van der Waals surface area contributed by atoms with Gasteiger partial charge in [0.2, 0.25) is 11.8 Å². The minimum atomic E-state index is -0.0707. The summed E-state index contributed by atoms with van der Waals surface area (Å²) in [6.07, 6.45) is 14.9. The molecule has 8 aliphatic carbocycles. The molecular weight excluding hydrogens is 348 g/mol. The molecule has 8 saturated carbocycles. The number of carbonyl (C=O) groups is 2. The Morgan fingerprint density at radius 2 is 0.786 bits per heavy atom. The monoisotopic (exact) mass is 384 g/mol. The molecule has 2 N–H and O–H groups in total. The van der Waals surface area contributed by atoms with E-state index in [9.17, 15) is 9.59 Å². The van der Waals surface area contributed by atoms with E-state index in [1.165, 1.54) is 38.5 Å². The minimum absolute atomic E-state index is 0.0707. The van der Waals surface area contributed by atoms with Crippen LogP contribution in [0.25, 0.3) is 0 Å². The molecule has 0 aromatic rings. The standard InChI is InChI=1S/C24H36N2O2/c27-21(23-9-15-3-16(10-23)5-17(4-15)11-23)25-1-2-26-22(28)24-12-18-6-19(13-24)8-20(7-18)14-24/h15-20H,1-14H2,(H,25,27)(H,26,28). The Balaban J connectivity index is 1.02. The summed E-state index contributed by atoms with van der Waals surface area (Å²) < 4.78 is 0. The first-order valence-corrected chi connectivity index (χ1v) is 12.1. The van der Waals surface area contributed by atoms with Crippen LogP contribution < -0.4 is 10.6 Å². The number of hydrogen-bond acceptors (Lipinski definition) is 2. The van der Waals surface area contributed by atoms with E-state index >= 15 is 0 Å². The molecule has 8 bridgehead atoms. The molecule has 0 saturated heterocycles. The van der Waals surface area contributed by atoms with E-state index in [0.717, 1.165) is 74.0 Å². The van der Waals surface area contributed by atoms with Crippen molar-refractivity contribution < 1.29 is 9.59 Å². The maximum Gasteiger partial charge on any atom is 0.226 e. The zero-order chi connectivity index (χ0) is 18.9. The predicted molar refractivity (Wildman–Crippen MR) is 107 cm³/mol. The summed E-state index contributed by atoms with van der Waals surface area (Å²) in [5, 5.41) is 6.43. The number of hydrogen-bond donors (Lipinski definition) is 2. The third-order valence-corrected chi connectivity index (χ3v) is 9.74. The van der Waals surface area contributed by atoms with Crippen LogP contribution in [0.5, 0.6) is 0 Å². The van der Waals surface area contributed by atoms with Gasteiger partial charge in [0.25, 0.3) is 0 Å². The lowest BCUT2D eigenvalue weighted by Gasteiger charge is -2.56. The fourth-order valence-electron chi connectivity index (χ4n) is 9.50. The molecule has 0 aliphatic heterocycles. The zero-order valence-corrected chi connectivity index (χ0v) is 17.2. The second-order valence-electron chi connectivity index (χ2n) is 11.9. The Morgan fingerprint density at radius 3 is 1.04 bits per heavy atom. The lowest BCUT2D eigenvalue weighted by Crippen LogP contribution is -2.55. The molecule has 0 radical (unpaired) electrons. The third kappa shape index (κ3) is 2.76. The molecule has 154 valence electrons. The van der Waals surface area contributed by atoms with Gasteiger partial charge in [-0.25, -0.2) is 0 Å². The maximum atomic E-state index is 13.0. The van der Waals surface area contributed by atoms with Crippen molar-refractivity contribution in [2.75, 3.05) is 13.1 Å². The molecule has 0 heterocycles. The number of nitrogens with one attached hydrogen (secondary N) is 2. The molecule has 0 aromatic carbocycles. The highest BCUT2D eigenvalue weighted by Gasteiger charge is 2.55. The van der Waals surface area contributed by atoms with E-state index in [4.69, 9.17) is 0 Å². The molecule has 8 aliphatic rings. The summed E-state index contributed by atoms with van der Waals surface area (Å²) in [4.78, 5) is 26.1. The third-order valence-electron chi connectivity index (χ3n) is 9.74. The van der Waals surface area contributed by atoms with Crippen LogP contribution in [0.1, 0.15) is 77.0 Å². The predicted octanol–water partition coefficient (Wildman–Crippen LogP) is 3.65. The Morgan fingerprint density at radius 1 is 0.536 bits per heavy atom. The van der Waals surface area contributed by atoms with Gasteiger partial charge in [-0.15, -0.1) is 0 Å². The summed E-state index contributed by atoms with van der Waals surface area (Å²) in [5.41, 5.74) is -0.141. The highest BCUT2D eigenvalue weighted by molar-refractivity contribution is 5.84. The van der Waals surface area contributed by atoms with E-state index in [-0.39, 0.29) is 22.6 Å². The lowest BCUT2D eigenvalue weighted by atomic mass is 9.49. The van der Waals surface area contributed by atoms with Gasteiger partial charge in [0.1, 0.15) is 0 Å². The molecule has 2 amide bonds. The van der Waals surface area contributed by atoms with Crippen LogP contribution >= 0.6 is 0 Å². The van der Waals surface area contributed by atoms with Gasteiger partial charge in [0, 0.05) is 23.9 Å². The number of rotatable bonds is 5. The van der Waals surface area contributed by atoms with E-state index < -0.39 is 0 Å². The molecule has 0 aromatic heterocycles. The number of carbonyl (C=O) groups excluding carboxylic acids is 2.